The summed E-state index contributed by atoms with van der Waals surface area (Å²) < 4.78 is 0. The SMILES string of the molecule is CC(=O)C(C)CCCNCCN. The fourth-order valence-corrected chi connectivity index (χ4v) is 0.964. The van der Waals surface area contributed by atoms with Gasteiger partial charge in [0.15, 0.2) is 0 Å². The molecule has 0 aromatic rings. The molecular weight excluding hydrogens is 152 g/mol. The summed E-state index contributed by atoms with van der Waals surface area (Å²) in [5.74, 6) is 0.499. The molecule has 0 heterocycles. The summed E-state index contributed by atoms with van der Waals surface area (Å²) in [7, 11) is 0. The number of ketones is 1. The molecule has 0 fully saturated rings. The van der Waals surface area contributed by atoms with Crippen LogP contribution in [0.5, 0.6) is 0 Å². The predicted molar refractivity (Wildman–Crippen MR) is 51.0 cm³/mol. The van der Waals surface area contributed by atoms with E-state index in [2.05, 4.69) is 5.32 Å². The van der Waals surface area contributed by atoms with Gasteiger partial charge < -0.3 is 11.1 Å². The lowest BCUT2D eigenvalue weighted by molar-refractivity contribution is -0.120. The Morgan fingerprint density at radius 3 is 2.67 bits per heavy atom. The van der Waals surface area contributed by atoms with E-state index in [-0.39, 0.29) is 11.7 Å². The van der Waals surface area contributed by atoms with Crippen LogP contribution in [0.1, 0.15) is 26.7 Å². The summed E-state index contributed by atoms with van der Waals surface area (Å²) in [5.41, 5.74) is 5.30. The Kier molecular flexibility index (Phi) is 7.00. The molecule has 3 nitrogen and oxygen atoms in total. The van der Waals surface area contributed by atoms with E-state index in [1.165, 1.54) is 0 Å². The molecule has 3 heteroatoms. The van der Waals surface area contributed by atoms with E-state index in [1.54, 1.807) is 6.92 Å². The molecule has 0 saturated carbocycles. The zero-order valence-electron chi connectivity index (χ0n) is 8.10. The van der Waals surface area contributed by atoms with E-state index in [1.807, 2.05) is 6.92 Å². The van der Waals surface area contributed by atoms with E-state index in [0.29, 0.717) is 6.54 Å². The van der Waals surface area contributed by atoms with Crippen molar-refractivity contribution < 1.29 is 4.79 Å². The minimum atomic E-state index is 0.213. The maximum atomic E-state index is 10.8. The lowest BCUT2D eigenvalue weighted by Gasteiger charge is -2.07. The van der Waals surface area contributed by atoms with Gasteiger partial charge in [-0.2, -0.15) is 0 Å². The maximum absolute atomic E-state index is 10.8. The minimum absolute atomic E-state index is 0.213. The molecular formula is C9H20N2O. The van der Waals surface area contributed by atoms with Crippen LogP contribution in [0.4, 0.5) is 0 Å². The molecule has 0 aromatic carbocycles. The molecule has 1 unspecified atom stereocenters. The van der Waals surface area contributed by atoms with Crippen molar-refractivity contribution in [2.24, 2.45) is 11.7 Å². The van der Waals surface area contributed by atoms with Crippen LogP contribution in [-0.2, 0) is 4.79 Å². The number of hydrogen-bond acceptors (Lipinski definition) is 3. The van der Waals surface area contributed by atoms with Gasteiger partial charge in [-0.3, -0.25) is 4.79 Å². The molecule has 0 radical (unpaired) electrons. The minimum Gasteiger partial charge on any atom is -0.329 e. The van der Waals surface area contributed by atoms with Crippen molar-refractivity contribution in [1.82, 2.24) is 5.32 Å². The molecule has 0 aromatic heterocycles. The normalized spacial score (nSPS) is 12.9. The van der Waals surface area contributed by atoms with Gasteiger partial charge in [-0.1, -0.05) is 6.92 Å². The molecule has 0 saturated heterocycles. The van der Waals surface area contributed by atoms with Gasteiger partial charge in [0.2, 0.25) is 0 Å². The second kappa shape index (κ2) is 7.25. The van der Waals surface area contributed by atoms with Crippen molar-refractivity contribution in [3.05, 3.63) is 0 Å². The van der Waals surface area contributed by atoms with Crippen molar-refractivity contribution in [3.8, 4) is 0 Å². The molecule has 0 rings (SSSR count). The highest BCUT2D eigenvalue weighted by molar-refractivity contribution is 5.77. The highest BCUT2D eigenvalue weighted by Gasteiger charge is 2.05. The van der Waals surface area contributed by atoms with Crippen molar-refractivity contribution >= 4 is 5.78 Å². The van der Waals surface area contributed by atoms with E-state index >= 15 is 0 Å². The topological polar surface area (TPSA) is 55.1 Å². The van der Waals surface area contributed by atoms with Crippen LogP contribution >= 0.6 is 0 Å². The summed E-state index contributed by atoms with van der Waals surface area (Å²) in [6.07, 6.45) is 2.04. The third kappa shape index (κ3) is 6.31. The lowest BCUT2D eigenvalue weighted by atomic mass is 10.0. The second-order valence-electron chi connectivity index (χ2n) is 3.19. The number of carbonyl (C=O) groups is 1. The Hall–Kier alpha value is -0.410. The summed E-state index contributed by atoms with van der Waals surface area (Å²) >= 11 is 0. The first-order valence-electron chi connectivity index (χ1n) is 4.59. The number of nitrogens with one attached hydrogen (secondary N) is 1. The Bertz CT molecular complexity index is 126. The van der Waals surface area contributed by atoms with Gasteiger partial charge in [0.05, 0.1) is 0 Å². The molecule has 0 aliphatic heterocycles. The molecule has 1 atom stereocenters. The van der Waals surface area contributed by atoms with Crippen LogP contribution in [0.3, 0.4) is 0 Å². The fourth-order valence-electron chi connectivity index (χ4n) is 0.964. The molecule has 0 aliphatic rings. The number of Topliss-reactive ketones (excluding diaryl/α,β-unsaturated/α-hetero) is 1. The second-order valence-corrected chi connectivity index (χ2v) is 3.19. The van der Waals surface area contributed by atoms with Crippen molar-refractivity contribution in [3.63, 3.8) is 0 Å². The molecule has 72 valence electrons. The molecule has 0 spiro atoms. The maximum Gasteiger partial charge on any atom is 0.132 e. The van der Waals surface area contributed by atoms with E-state index in [9.17, 15) is 4.79 Å². The molecule has 0 amide bonds. The Morgan fingerprint density at radius 1 is 1.50 bits per heavy atom. The smallest absolute Gasteiger partial charge is 0.132 e. The first-order chi connectivity index (χ1) is 5.68. The van der Waals surface area contributed by atoms with E-state index < -0.39 is 0 Å². The average Bonchev–Trinajstić information content (AvgIpc) is 2.03. The van der Waals surface area contributed by atoms with Crippen LogP contribution in [0, 0.1) is 5.92 Å². The zero-order valence-corrected chi connectivity index (χ0v) is 8.10. The number of rotatable bonds is 7. The third-order valence-electron chi connectivity index (χ3n) is 2.01. The van der Waals surface area contributed by atoms with Crippen molar-refractivity contribution in [2.45, 2.75) is 26.7 Å². The van der Waals surface area contributed by atoms with E-state index in [0.717, 1.165) is 25.9 Å². The fraction of sp³-hybridized carbons (Fsp3) is 0.889. The number of hydrogen-bond donors (Lipinski definition) is 2. The van der Waals surface area contributed by atoms with Gasteiger partial charge in [-0.15, -0.1) is 0 Å². The van der Waals surface area contributed by atoms with Crippen LogP contribution in [0.2, 0.25) is 0 Å². The Labute approximate surface area is 74.7 Å². The number of nitrogens with two attached hydrogens (primary N) is 1. The Balaban J connectivity index is 3.14. The Morgan fingerprint density at radius 2 is 2.17 bits per heavy atom. The predicted octanol–water partition coefficient (Wildman–Crippen LogP) is 0.540. The molecule has 12 heavy (non-hydrogen) atoms. The molecule has 0 aliphatic carbocycles. The first kappa shape index (κ1) is 11.6. The highest BCUT2D eigenvalue weighted by Crippen LogP contribution is 2.04. The van der Waals surface area contributed by atoms with Gasteiger partial charge >= 0.3 is 0 Å². The summed E-state index contributed by atoms with van der Waals surface area (Å²) in [5, 5.41) is 3.19. The number of carbonyl (C=O) groups excluding carboxylic acids is 1. The third-order valence-corrected chi connectivity index (χ3v) is 2.01. The molecule has 0 bridgehead atoms. The largest absolute Gasteiger partial charge is 0.329 e. The van der Waals surface area contributed by atoms with Gasteiger partial charge in [0.25, 0.3) is 0 Å². The lowest BCUT2D eigenvalue weighted by Crippen LogP contribution is -2.23. The average molecular weight is 172 g/mol. The zero-order chi connectivity index (χ0) is 9.40. The van der Waals surface area contributed by atoms with E-state index in [4.69, 9.17) is 5.73 Å². The van der Waals surface area contributed by atoms with Gasteiger partial charge in [0, 0.05) is 19.0 Å². The summed E-state index contributed by atoms with van der Waals surface area (Å²) in [6.45, 7) is 6.15. The van der Waals surface area contributed by atoms with Crippen LogP contribution in [0.15, 0.2) is 0 Å². The van der Waals surface area contributed by atoms with Crippen LogP contribution in [-0.4, -0.2) is 25.4 Å². The standard InChI is InChI=1S/C9H20N2O/c1-8(9(2)12)4-3-6-11-7-5-10/h8,11H,3-7,10H2,1-2H3. The quantitative estimate of drug-likeness (QED) is 0.551. The summed E-state index contributed by atoms with van der Waals surface area (Å²) in [6, 6.07) is 0. The van der Waals surface area contributed by atoms with Gasteiger partial charge in [-0.05, 0) is 26.3 Å². The monoisotopic (exact) mass is 172 g/mol. The van der Waals surface area contributed by atoms with Gasteiger partial charge in [-0.25, -0.2) is 0 Å². The van der Waals surface area contributed by atoms with Crippen molar-refractivity contribution in [2.75, 3.05) is 19.6 Å². The first-order valence-corrected chi connectivity index (χ1v) is 4.59. The van der Waals surface area contributed by atoms with Crippen LogP contribution < -0.4 is 11.1 Å². The highest BCUT2D eigenvalue weighted by atomic mass is 16.1. The summed E-state index contributed by atoms with van der Waals surface area (Å²) in [4.78, 5) is 10.8. The van der Waals surface area contributed by atoms with Crippen LogP contribution in [0.25, 0.3) is 0 Å². The molecule has 3 N–H and O–H groups in total. The van der Waals surface area contributed by atoms with Crippen molar-refractivity contribution in [1.29, 1.82) is 0 Å². The van der Waals surface area contributed by atoms with Gasteiger partial charge in [0.1, 0.15) is 5.78 Å².